The molecule has 4 unspecified atom stereocenters. The number of carbonyl (C=O) groups is 1. The van der Waals surface area contributed by atoms with E-state index in [9.17, 15) is 9.90 Å². The van der Waals surface area contributed by atoms with Gasteiger partial charge in [0.05, 0.1) is 11.7 Å². The van der Waals surface area contributed by atoms with Gasteiger partial charge < -0.3 is 9.84 Å². The molecule has 1 N–H and O–H groups in total. The number of fused-ring (bicyclic) bond motifs is 1. The summed E-state index contributed by atoms with van der Waals surface area (Å²) < 4.78 is 5.67. The molecule has 0 amide bonds. The Bertz CT molecular complexity index is 516. The van der Waals surface area contributed by atoms with E-state index < -0.39 is 12.2 Å². The van der Waals surface area contributed by atoms with Gasteiger partial charge >= 0.3 is 5.97 Å². The maximum Gasteiger partial charge on any atom is 0.340 e. The van der Waals surface area contributed by atoms with Gasteiger partial charge in [0.2, 0.25) is 0 Å². The molecule has 0 saturated heterocycles. The molecule has 0 spiro atoms. The Balaban J connectivity index is 1.81. The van der Waals surface area contributed by atoms with Crippen LogP contribution in [0.3, 0.4) is 0 Å². The summed E-state index contributed by atoms with van der Waals surface area (Å²) in [5, 5.41) is 10.4. The number of pyridine rings is 1. The van der Waals surface area contributed by atoms with Crippen LogP contribution in [-0.4, -0.2) is 28.3 Å². The van der Waals surface area contributed by atoms with Crippen LogP contribution in [0.25, 0.3) is 0 Å². The van der Waals surface area contributed by atoms with Gasteiger partial charge in [-0.2, -0.15) is 0 Å². The molecule has 2 aliphatic carbocycles. The van der Waals surface area contributed by atoms with Crippen molar-refractivity contribution in [2.45, 2.75) is 39.4 Å². The van der Waals surface area contributed by atoms with Crippen molar-refractivity contribution in [2.75, 3.05) is 0 Å². The van der Waals surface area contributed by atoms with E-state index in [1.807, 2.05) is 0 Å². The number of hydrogen-bond acceptors (Lipinski definition) is 4. The molecule has 20 heavy (non-hydrogen) atoms. The monoisotopic (exact) mass is 275 g/mol. The van der Waals surface area contributed by atoms with Crippen LogP contribution < -0.4 is 0 Å². The number of aliphatic hydroxyl groups excluding tert-OH is 1. The Hall–Kier alpha value is -1.42. The lowest BCUT2D eigenvalue weighted by Crippen LogP contribution is -2.39. The third-order valence-electron chi connectivity index (χ3n) is 5.32. The Labute approximate surface area is 119 Å². The van der Waals surface area contributed by atoms with E-state index in [0.29, 0.717) is 17.4 Å². The molecule has 4 nitrogen and oxygen atoms in total. The standard InChI is InChI=1S/C16H21NO3/c1-9(2)16-7-12(16)10(3)13(18)14(16)20-15(19)11-5-4-6-17-8-11/h4-6,8-10,12-14,18H,7H2,1-3H3/t10?,12?,13-,14?,16?/m0/s1. The third-order valence-corrected chi connectivity index (χ3v) is 5.32. The highest BCUT2D eigenvalue weighted by atomic mass is 16.6. The van der Waals surface area contributed by atoms with Crippen LogP contribution in [-0.2, 0) is 4.74 Å². The van der Waals surface area contributed by atoms with Gasteiger partial charge in [0.25, 0.3) is 0 Å². The molecule has 1 aromatic heterocycles. The fraction of sp³-hybridized carbons (Fsp3) is 0.625. The summed E-state index contributed by atoms with van der Waals surface area (Å²) in [5.41, 5.74) is 0.409. The largest absolute Gasteiger partial charge is 0.455 e. The molecule has 108 valence electrons. The lowest BCUT2D eigenvalue weighted by atomic mass is 9.87. The zero-order valence-electron chi connectivity index (χ0n) is 12.1. The van der Waals surface area contributed by atoms with Gasteiger partial charge in [0.1, 0.15) is 6.10 Å². The summed E-state index contributed by atoms with van der Waals surface area (Å²) in [7, 11) is 0. The second-order valence-corrected chi connectivity index (χ2v) is 6.50. The van der Waals surface area contributed by atoms with Crippen LogP contribution >= 0.6 is 0 Å². The predicted molar refractivity (Wildman–Crippen MR) is 74.0 cm³/mol. The first-order valence-electron chi connectivity index (χ1n) is 7.27. The molecule has 1 heterocycles. The molecule has 1 aromatic rings. The molecule has 4 heteroatoms. The predicted octanol–water partition coefficient (Wildman–Crippen LogP) is 2.28. The average molecular weight is 275 g/mol. The number of nitrogens with zero attached hydrogens (tertiary/aromatic N) is 1. The lowest BCUT2D eigenvalue weighted by Gasteiger charge is -2.29. The van der Waals surface area contributed by atoms with E-state index in [1.165, 1.54) is 6.20 Å². The van der Waals surface area contributed by atoms with Gasteiger partial charge in [-0.3, -0.25) is 4.98 Å². The zero-order chi connectivity index (χ0) is 14.5. The fourth-order valence-electron chi connectivity index (χ4n) is 3.99. The Morgan fingerprint density at radius 2 is 2.30 bits per heavy atom. The number of esters is 1. The molecular formula is C16H21NO3. The van der Waals surface area contributed by atoms with Gasteiger partial charge in [-0.1, -0.05) is 20.8 Å². The van der Waals surface area contributed by atoms with E-state index in [0.717, 1.165) is 6.42 Å². The highest BCUT2D eigenvalue weighted by Gasteiger charge is 2.72. The Kier molecular flexibility index (Phi) is 3.09. The maximum atomic E-state index is 12.2. The zero-order valence-corrected chi connectivity index (χ0v) is 12.1. The Morgan fingerprint density at radius 1 is 1.55 bits per heavy atom. The van der Waals surface area contributed by atoms with Gasteiger partial charge in [0.15, 0.2) is 0 Å². The maximum absolute atomic E-state index is 12.2. The average Bonchev–Trinajstić information content (AvgIpc) is 3.16. The summed E-state index contributed by atoms with van der Waals surface area (Å²) in [6.45, 7) is 6.35. The minimum absolute atomic E-state index is 0.0310. The first-order chi connectivity index (χ1) is 9.48. The number of aromatic nitrogens is 1. The smallest absolute Gasteiger partial charge is 0.340 e. The van der Waals surface area contributed by atoms with Crippen molar-refractivity contribution in [1.82, 2.24) is 4.98 Å². The van der Waals surface area contributed by atoms with Crippen LogP contribution in [0.15, 0.2) is 24.5 Å². The molecular weight excluding hydrogens is 254 g/mol. The molecule has 2 aliphatic rings. The van der Waals surface area contributed by atoms with Crippen molar-refractivity contribution in [3.8, 4) is 0 Å². The van der Waals surface area contributed by atoms with Crippen LogP contribution in [0.5, 0.6) is 0 Å². The van der Waals surface area contributed by atoms with E-state index in [4.69, 9.17) is 4.74 Å². The summed E-state index contributed by atoms with van der Waals surface area (Å²) in [4.78, 5) is 16.1. The number of rotatable bonds is 3. The molecule has 0 bridgehead atoms. The van der Waals surface area contributed by atoms with Crippen molar-refractivity contribution in [2.24, 2.45) is 23.2 Å². The minimum atomic E-state index is -0.559. The van der Waals surface area contributed by atoms with Crippen molar-refractivity contribution >= 4 is 5.97 Å². The van der Waals surface area contributed by atoms with E-state index in [-0.39, 0.29) is 17.3 Å². The first kappa shape index (κ1) is 13.6. The quantitative estimate of drug-likeness (QED) is 0.860. The van der Waals surface area contributed by atoms with E-state index >= 15 is 0 Å². The molecule has 3 rings (SSSR count). The summed E-state index contributed by atoms with van der Waals surface area (Å²) in [6.07, 6.45) is 3.22. The molecule has 0 aromatic carbocycles. The molecule has 2 saturated carbocycles. The summed E-state index contributed by atoms with van der Waals surface area (Å²) in [5.74, 6) is 0.689. The lowest BCUT2D eigenvalue weighted by molar-refractivity contribution is -0.0512. The number of hydrogen-bond donors (Lipinski definition) is 1. The SMILES string of the molecule is CC1C2CC2(C(C)C)C(OC(=O)c2cccnc2)[C@H]1O. The topological polar surface area (TPSA) is 59.4 Å². The molecule has 0 aliphatic heterocycles. The van der Waals surface area contributed by atoms with Crippen LogP contribution in [0, 0.1) is 23.2 Å². The molecule has 2 fully saturated rings. The van der Waals surface area contributed by atoms with Crippen molar-refractivity contribution in [1.29, 1.82) is 0 Å². The normalized spacial score (nSPS) is 38.6. The van der Waals surface area contributed by atoms with E-state index in [1.54, 1.807) is 18.3 Å². The highest BCUT2D eigenvalue weighted by molar-refractivity contribution is 5.89. The second kappa shape index (κ2) is 4.55. The minimum Gasteiger partial charge on any atom is -0.455 e. The van der Waals surface area contributed by atoms with Gasteiger partial charge in [0, 0.05) is 17.8 Å². The van der Waals surface area contributed by atoms with Crippen molar-refractivity contribution in [3.05, 3.63) is 30.1 Å². The fourth-order valence-corrected chi connectivity index (χ4v) is 3.99. The van der Waals surface area contributed by atoms with E-state index in [2.05, 4.69) is 25.8 Å². The number of carbonyl (C=O) groups excluding carboxylic acids is 1. The van der Waals surface area contributed by atoms with Gasteiger partial charge in [-0.25, -0.2) is 4.79 Å². The van der Waals surface area contributed by atoms with Crippen LogP contribution in [0.2, 0.25) is 0 Å². The summed E-state index contributed by atoms with van der Waals surface area (Å²) in [6, 6.07) is 3.40. The highest BCUT2D eigenvalue weighted by Crippen LogP contribution is 2.70. The van der Waals surface area contributed by atoms with Gasteiger partial charge in [-0.05, 0) is 36.3 Å². The van der Waals surface area contributed by atoms with Crippen LogP contribution in [0.1, 0.15) is 37.6 Å². The Morgan fingerprint density at radius 3 is 2.90 bits per heavy atom. The molecule has 0 radical (unpaired) electrons. The van der Waals surface area contributed by atoms with Crippen molar-refractivity contribution in [3.63, 3.8) is 0 Å². The van der Waals surface area contributed by atoms with Crippen molar-refractivity contribution < 1.29 is 14.6 Å². The van der Waals surface area contributed by atoms with Crippen LogP contribution in [0.4, 0.5) is 0 Å². The second-order valence-electron chi connectivity index (χ2n) is 6.50. The third kappa shape index (κ3) is 1.78. The first-order valence-corrected chi connectivity index (χ1v) is 7.27. The van der Waals surface area contributed by atoms with Gasteiger partial charge in [-0.15, -0.1) is 0 Å². The number of ether oxygens (including phenoxy) is 1. The number of aliphatic hydroxyl groups is 1. The summed E-state index contributed by atoms with van der Waals surface area (Å²) >= 11 is 0. The molecule has 5 atom stereocenters.